The van der Waals surface area contributed by atoms with E-state index < -0.39 is 5.97 Å². The summed E-state index contributed by atoms with van der Waals surface area (Å²) in [6.07, 6.45) is 0. The van der Waals surface area contributed by atoms with E-state index >= 15 is 0 Å². The van der Waals surface area contributed by atoms with Gasteiger partial charge in [0.1, 0.15) is 5.58 Å². The smallest absolute Gasteiger partial charge is 0.375 e. The lowest BCUT2D eigenvalue weighted by atomic mass is 10.1. The quantitative estimate of drug-likeness (QED) is 0.512. The highest BCUT2D eigenvalue weighted by Crippen LogP contribution is 2.27. The molecule has 0 radical (unpaired) electrons. The highest BCUT2D eigenvalue weighted by atomic mass is 16.5. The van der Waals surface area contributed by atoms with Crippen molar-refractivity contribution in [3.63, 3.8) is 0 Å². The molecular formula is C19H16O5. The van der Waals surface area contributed by atoms with E-state index in [-0.39, 0.29) is 24.8 Å². The Morgan fingerprint density at radius 1 is 1.00 bits per heavy atom. The Hall–Kier alpha value is -2.92. The van der Waals surface area contributed by atoms with Gasteiger partial charge in [0.05, 0.1) is 6.61 Å². The van der Waals surface area contributed by atoms with Gasteiger partial charge < -0.3 is 13.9 Å². The van der Waals surface area contributed by atoms with Crippen LogP contribution in [0.15, 0.2) is 59.0 Å². The molecule has 0 aliphatic carbocycles. The Labute approximate surface area is 138 Å². The highest BCUT2D eigenvalue weighted by molar-refractivity contribution is 6.00. The van der Waals surface area contributed by atoms with Crippen LogP contribution in [0.4, 0.5) is 0 Å². The number of esters is 1. The second-order valence-corrected chi connectivity index (χ2v) is 5.20. The highest BCUT2D eigenvalue weighted by Gasteiger charge is 2.22. The van der Waals surface area contributed by atoms with Crippen molar-refractivity contribution in [1.82, 2.24) is 0 Å². The third kappa shape index (κ3) is 3.21. The zero-order valence-corrected chi connectivity index (χ0v) is 13.2. The Bertz CT molecular complexity index is 864. The van der Waals surface area contributed by atoms with Gasteiger partial charge >= 0.3 is 5.97 Å². The summed E-state index contributed by atoms with van der Waals surface area (Å²) >= 11 is 0. The molecule has 24 heavy (non-hydrogen) atoms. The number of hydrogen-bond donors (Lipinski definition) is 0. The fraction of sp³-hybridized carbons (Fsp3) is 0.158. The van der Waals surface area contributed by atoms with Crippen LogP contribution in [0.5, 0.6) is 0 Å². The van der Waals surface area contributed by atoms with Crippen LogP contribution < -0.4 is 0 Å². The Morgan fingerprint density at radius 2 is 1.71 bits per heavy atom. The molecule has 0 amide bonds. The zero-order chi connectivity index (χ0) is 16.9. The lowest BCUT2D eigenvalue weighted by molar-refractivity contribution is 0.0441. The number of benzene rings is 2. The molecule has 122 valence electrons. The van der Waals surface area contributed by atoms with Crippen LogP contribution in [0.3, 0.4) is 0 Å². The monoisotopic (exact) mass is 324 g/mol. The Kier molecular flexibility index (Phi) is 4.72. The molecule has 3 aromatic rings. The van der Waals surface area contributed by atoms with Crippen molar-refractivity contribution >= 4 is 22.7 Å². The maximum Gasteiger partial charge on any atom is 0.375 e. The maximum absolute atomic E-state index is 12.3. The molecule has 3 rings (SSSR count). The van der Waals surface area contributed by atoms with Crippen LogP contribution in [0.2, 0.25) is 0 Å². The van der Waals surface area contributed by atoms with Gasteiger partial charge in [-0.05, 0) is 6.07 Å². The standard InChI is InChI=1S/C19H16O5/c1-22-11-15-14-9-5-6-10-17(14)24-18(15)19(21)23-12-16(20)13-7-3-2-4-8-13/h2-10H,11-12H2,1H3. The lowest BCUT2D eigenvalue weighted by Gasteiger charge is -2.04. The van der Waals surface area contributed by atoms with Crippen LogP contribution in [0.1, 0.15) is 26.5 Å². The van der Waals surface area contributed by atoms with Crippen molar-refractivity contribution in [2.45, 2.75) is 6.61 Å². The molecule has 0 atom stereocenters. The van der Waals surface area contributed by atoms with Gasteiger partial charge in [0.2, 0.25) is 5.76 Å². The van der Waals surface area contributed by atoms with Gasteiger partial charge in [0.25, 0.3) is 0 Å². The fourth-order valence-electron chi connectivity index (χ4n) is 2.46. The molecular weight excluding hydrogens is 308 g/mol. The predicted molar refractivity (Wildman–Crippen MR) is 88.0 cm³/mol. The molecule has 0 aliphatic heterocycles. The number of hydrogen-bond acceptors (Lipinski definition) is 5. The molecule has 0 spiro atoms. The molecule has 0 fully saturated rings. The molecule has 0 bridgehead atoms. The first-order valence-electron chi connectivity index (χ1n) is 7.45. The van der Waals surface area contributed by atoms with Crippen LogP contribution in [-0.2, 0) is 16.1 Å². The number of carbonyl (C=O) groups is 2. The summed E-state index contributed by atoms with van der Waals surface area (Å²) < 4.78 is 15.9. The van der Waals surface area contributed by atoms with E-state index in [9.17, 15) is 9.59 Å². The number of rotatable bonds is 6. The van der Waals surface area contributed by atoms with Crippen LogP contribution in [0, 0.1) is 0 Å². The van der Waals surface area contributed by atoms with Gasteiger partial charge in [-0.15, -0.1) is 0 Å². The van der Waals surface area contributed by atoms with Crippen molar-refractivity contribution in [2.24, 2.45) is 0 Å². The predicted octanol–water partition coefficient (Wildman–Crippen LogP) is 3.62. The average molecular weight is 324 g/mol. The van der Waals surface area contributed by atoms with Gasteiger partial charge in [0, 0.05) is 23.6 Å². The van der Waals surface area contributed by atoms with Crippen LogP contribution in [-0.4, -0.2) is 25.5 Å². The number of fused-ring (bicyclic) bond motifs is 1. The van der Waals surface area contributed by atoms with Gasteiger partial charge in [-0.25, -0.2) is 4.79 Å². The number of furan rings is 1. The Morgan fingerprint density at radius 3 is 2.46 bits per heavy atom. The first-order valence-corrected chi connectivity index (χ1v) is 7.45. The number of ketones is 1. The normalized spacial score (nSPS) is 10.7. The Balaban J connectivity index is 1.79. The number of ether oxygens (including phenoxy) is 2. The summed E-state index contributed by atoms with van der Waals surface area (Å²) in [4.78, 5) is 24.4. The molecule has 1 aromatic heterocycles. The molecule has 0 saturated carbocycles. The first kappa shape index (κ1) is 16.0. The lowest BCUT2D eigenvalue weighted by Crippen LogP contribution is -2.15. The van der Waals surface area contributed by atoms with E-state index in [1.54, 1.807) is 30.3 Å². The van der Waals surface area contributed by atoms with E-state index in [1.165, 1.54) is 7.11 Å². The number of carbonyl (C=O) groups excluding carboxylic acids is 2. The third-order valence-electron chi connectivity index (χ3n) is 3.60. The number of Topliss-reactive ketones (excluding diaryl/α,β-unsaturated/α-hetero) is 1. The molecule has 0 saturated heterocycles. The summed E-state index contributed by atoms with van der Waals surface area (Å²) in [6.45, 7) is -0.125. The molecule has 5 nitrogen and oxygen atoms in total. The van der Waals surface area contributed by atoms with Gasteiger partial charge in [-0.1, -0.05) is 48.5 Å². The number of para-hydroxylation sites is 1. The topological polar surface area (TPSA) is 65.7 Å². The average Bonchev–Trinajstić information content (AvgIpc) is 2.99. The summed E-state index contributed by atoms with van der Waals surface area (Å²) in [5.74, 6) is -0.880. The minimum atomic E-state index is -0.678. The van der Waals surface area contributed by atoms with E-state index in [1.807, 2.05) is 24.3 Å². The van der Waals surface area contributed by atoms with Crippen molar-refractivity contribution in [3.05, 3.63) is 71.5 Å². The van der Waals surface area contributed by atoms with E-state index in [4.69, 9.17) is 13.9 Å². The second-order valence-electron chi connectivity index (χ2n) is 5.20. The van der Waals surface area contributed by atoms with Gasteiger partial charge in [0.15, 0.2) is 12.4 Å². The summed E-state index contributed by atoms with van der Waals surface area (Å²) in [7, 11) is 1.54. The van der Waals surface area contributed by atoms with Crippen molar-refractivity contribution in [3.8, 4) is 0 Å². The van der Waals surface area contributed by atoms with Gasteiger partial charge in [-0.2, -0.15) is 0 Å². The molecule has 5 heteroatoms. The summed E-state index contributed by atoms with van der Waals surface area (Å²) in [5, 5.41) is 0.792. The van der Waals surface area contributed by atoms with Crippen LogP contribution >= 0.6 is 0 Å². The summed E-state index contributed by atoms with van der Waals surface area (Å²) in [5.41, 5.74) is 1.68. The van der Waals surface area contributed by atoms with E-state index in [0.717, 1.165) is 5.39 Å². The molecule has 1 heterocycles. The van der Waals surface area contributed by atoms with Gasteiger partial charge in [-0.3, -0.25) is 4.79 Å². The minimum absolute atomic E-state index is 0.0684. The van der Waals surface area contributed by atoms with Crippen molar-refractivity contribution in [2.75, 3.05) is 13.7 Å². The van der Waals surface area contributed by atoms with E-state index in [0.29, 0.717) is 16.7 Å². The summed E-state index contributed by atoms with van der Waals surface area (Å²) in [6, 6.07) is 16.0. The third-order valence-corrected chi connectivity index (χ3v) is 3.60. The zero-order valence-electron chi connectivity index (χ0n) is 13.2. The molecule has 0 N–H and O–H groups in total. The minimum Gasteiger partial charge on any atom is -0.451 e. The largest absolute Gasteiger partial charge is 0.451 e. The molecule has 2 aromatic carbocycles. The molecule has 0 aliphatic rings. The first-order chi connectivity index (χ1) is 11.7. The second kappa shape index (κ2) is 7.10. The number of methoxy groups -OCH3 is 1. The SMILES string of the molecule is COCc1c(C(=O)OCC(=O)c2ccccc2)oc2ccccc12. The fourth-order valence-corrected chi connectivity index (χ4v) is 2.46. The maximum atomic E-state index is 12.3. The van der Waals surface area contributed by atoms with Crippen LogP contribution in [0.25, 0.3) is 11.0 Å². The van der Waals surface area contributed by atoms with Crippen molar-refractivity contribution in [1.29, 1.82) is 0 Å². The van der Waals surface area contributed by atoms with Crippen molar-refractivity contribution < 1.29 is 23.5 Å². The van der Waals surface area contributed by atoms with E-state index in [2.05, 4.69) is 0 Å². The molecule has 0 unspecified atom stereocenters.